The van der Waals surface area contributed by atoms with Crippen LogP contribution in [0.15, 0.2) is 61.2 Å². The molecule has 2 aromatic carbocycles. The first-order valence-corrected chi connectivity index (χ1v) is 6.76. The minimum absolute atomic E-state index is 0.351. The monoisotopic (exact) mass is 280 g/mol. The van der Waals surface area contributed by atoms with Gasteiger partial charge in [-0.15, -0.1) is 6.58 Å². The van der Waals surface area contributed by atoms with Crippen LogP contribution in [0.5, 0.6) is 5.75 Å². The van der Waals surface area contributed by atoms with Crippen LogP contribution in [-0.4, -0.2) is 19.7 Å². The molecule has 0 aromatic heterocycles. The Morgan fingerprint density at radius 1 is 1.29 bits per heavy atom. The molecule has 0 bridgehead atoms. The van der Waals surface area contributed by atoms with Gasteiger partial charge in [-0.25, -0.2) is 4.79 Å². The van der Waals surface area contributed by atoms with Crippen molar-refractivity contribution in [2.45, 2.75) is 5.41 Å². The molecule has 1 aliphatic rings. The van der Waals surface area contributed by atoms with Gasteiger partial charge in [0.15, 0.2) is 0 Å². The van der Waals surface area contributed by atoms with Gasteiger partial charge in [-0.3, -0.25) is 0 Å². The Bertz CT molecular complexity index is 691. The van der Waals surface area contributed by atoms with Crippen LogP contribution >= 0.6 is 0 Å². The molecule has 0 unspecified atom stereocenters. The van der Waals surface area contributed by atoms with E-state index in [1.165, 1.54) is 7.11 Å². The molecule has 1 atom stereocenters. The summed E-state index contributed by atoms with van der Waals surface area (Å²) < 4.78 is 10.6. The third-order valence-corrected chi connectivity index (χ3v) is 3.97. The molecule has 21 heavy (non-hydrogen) atoms. The van der Waals surface area contributed by atoms with Crippen molar-refractivity contribution in [1.29, 1.82) is 0 Å². The highest BCUT2D eigenvalue weighted by Gasteiger charge is 2.40. The number of ether oxygens (including phenoxy) is 2. The van der Waals surface area contributed by atoms with Gasteiger partial charge in [0.05, 0.1) is 18.1 Å². The van der Waals surface area contributed by atoms with Crippen molar-refractivity contribution >= 4 is 5.97 Å². The van der Waals surface area contributed by atoms with Crippen molar-refractivity contribution in [3.8, 4) is 5.75 Å². The molecule has 2 aromatic rings. The van der Waals surface area contributed by atoms with Crippen LogP contribution in [-0.2, 0) is 10.2 Å². The van der Waals surface area contributed by atoms with Crippen molar-refractivity contribution < 1.29 is 14.3 Å². The Morgan fingerprint density at radius 2 is 2.05 bits per heavy atom. The summed E-state index contributed by atoms with van der Waals surface area (Å²) in [5.74, 6) is 0.433. The topological polar surface area (TPSA) is 35.5 Å². The van der Waals surface area contributed by atoms with E-state index in [0.29, 0.717) is 12.2 Å². The van der Waals surface area contributed by atoms with Gasteiger partial charge in [0.2, 0.25) is 0 Å². The van der Waals surface area contributed by atoms with E-state index in [-0.39, 0.29) is 5.97 Å². The predicted molar refractivity (Wildman–Crippen MR) is 80.7 cm³/mol. The fourth-order valence-electron chi connectivity index (χ4n) is 2.78. The number of carbonyl (C=O) groups excluding carboxylic acids is 1. The van der Waals surface area contributed by atoms with Crippen LogP contribution in [0, 0.1) is 0 Å². The van der Waals surface area contributed by atoms with Crippen LogP contribution in [0.25, 0.3) is 0 Å². The lowest BCUT2D eigenvalue weighted by atomic mass is 9.76. The summed E-state index contributed by atoms with van der Waals surface area (Å²) >= 11 is 0. The summed E-state index contributed by atoms with van der Waals surface area (Å²) in [6.45, 7) is 4.48. The van der Waals surface area contributed by atoms with E-state index in [4.69, 9.17) is 9.47 Å². The first-order valence-electron chi connectivity index (χ1n) is 6.76. The van der Waals surface area contributed by atoms with Gasteiger partial charge < -0.3 is 9.47 Å². The second-order valence-corrected chi connectivity index (χ2v) is 5.03. The smallest absolute Gasteiger partial charge is 0.337 e. The van der Waals surface area contributed by atoms with E-state index in [1.807, 2.05) is 48.5 Å². The highest BCUT2D eigenvalue weighted by molar-refractivity contribution is 5.90. The summed E-state index contributed by atoms with van der Waals surface area (Å²) in [5.41, 5.74) is 2.14. The van der Waals surface area contributed by atoms with E-state index >= 15 is 0 Å². The number of hydrogen-bond acceptors (Lipinski definition) is 3. The predicted octanol–water partition coefficient (Wildman–Crippen LogP) is 3.34. The lowest BCUT2D eigenvalue weighted by Crippen LogP contribution is -2.26. The van der Waals surface area contributed by atoms with E-state index in [0.717, 1.165) is 16.9 Å². The van der Waals surface area contributed by atoms with Gasteiger partial charge in [0.25, 0.3) is 0 Å². The molecule has 3 rings (SSSR count). The van der Waals surface area contributed by atoms with Crippen LogP contribution in [0.2, 0.25) is 0 Å². The number of esters is 1. The van der Waals surface area contributed by atoms with Gasteiger partial charge in [-0.1, -0.05) is 36.4 Å². The second kappa shape index (κ2) is 5.09. The zero-order valence-electron chi connectivity index (χ0n) is 11.8. The van der Waals surface area contributed by atoms with E-state index in [9.17, 15) is 4.79 Å². The summed E-state index contributed by atoms with van der Waals surface area (Å²) in [5, 5.41) is 0. The molecule has 3 heteroatoms. The molecule has 0 fully saturated rings. The summed E-state index contributed by atoms with van der Waals surface area (Å²) in [7, 11) is 1.38. The Kier molecular flexibility index (Phi) is 3.26. The molecule has 3 nitrogen and oxygen atoms in total. The fourth-order valence-corrected chi connectivity index (χ4v) is 2.78. The second-order valence-electron chi connectivity index (χ2n) is 5.03. The van der Waals surface area contributed by atoms with Gasteiger partial charge in [-0.2, -0.15) is 0 Å². The zero-order valence-corrected chi connectivity index (χ0v) is 11.8. The van der Waals surface area contributed by atoms with Gasteiger partial charge in [-0.05, 0) is 23.8 Å². The molecule has 0 saturated heterocycles. The Balaban J connectivity index is 2.17. The first-order chi connectivity index (χ1) is 10.2. The zero-order chi connectivity index (χ0) is 14.9. The molecule has 0 amide bonds. The largest absolute Gasteiger partial charge is 0.492 e. The molecule has 0 spiro atoms. The Hall–Kier alpha value is -2.55. The molecule has 1 heterocycles. The standard InChI is InChI=1S/C18H16O3/c1-3-18(14-7-5-4-6-8-14)12-21-16-10-9-13(11-15(16)18)17(19)20-2/h3-11H,1,12H2,2H3/t18-/m1/s1. The van der Waals surface area contributed by atoms with Gasteiger partial charge >= 0.3 is 5.97 Å². The number of hydrogen-bond donors (Lipinski definition) is 0. The highest BCUT2D eigenvalue weighted by atomic mass is 16.5. The molecule has 0 radical (unpaired) electrons. The minimum atomic E-state index is -0.430. The van der Waals surface area contributed by atoms with Crippen LogP contribution in [0.3, 0.4) is 0 Å². The summed E-state index contributed by atoms with van der Waals surface area (Å²) in [6, 6.07) is 15.4. The fraction of sp³-hybridized carbons (Fsp3) is 0.167. The molecule has 106 valence electrons. The number of rotatable bonds is 3. The number of fused-ring (bicyclic) bond motifs is 1. The van der Waals surface area contributed by atoms with Crippen molar-refractivity contribution in [3.05, 3.63) is 77.9 Å². The average Bonchev–Trinajstić information content (AvgIpc) is 2.94. The number of benzene rings is 2. The maximum Gasteiger partial charge on any atom is 0.337 e. The first kappa shape index (κ1) is 13.4. The quantitative estimate of drug-likeness (QED) is 0.639. The van der Waals surface area contributed by atoms with Crippen molar-refractivity contribution in [2.75, 3.05) is 13.7 Å². The van der Waals surface area contributed by atoms with Gasteiger partial charge in [0.1, 0.15) is 12.4 Å². The number of methoxy groups -OCH3 is 1. The maximum absolute atomic E-state index is 11.8. The Morgan fingerprint density at radius 3 is 2.71 bits per heavy atom. The van der Waals surface area contributed by atoms with Crippen LogP contribution in [0.1, 0.15) is 21.5 Å². The third-order valence-electron chi connectivity index (χ3n) is 3.97. The summed E-state index contributed by atoms with van der Waals surface area (Å²) in [6.07, 6.45) is 1.88. The highest BCUT2D eigenvalue weighted by Crippen LogP contribution is 2.44. The minimum Gasteiger partial charge on any atom is -0.492 e. The normalized spacial score (nSPS) is 19.5. The third kappa shape index (κ3) is 2.02. The lowest BCUT2D eigenvalue weighted by Gasteiger charge is -2.24. The summed E-state index contributed by atoms with van der Waals surface area (Å²) in [4.78, 5) is 11.8. The lowest BCUT2D eigenvalue weighted by molar-refractivity contribution is 0.0600. The van der Waals surface area contributed by atoms with E-state index in [2.05, 4.69) is 6.58 Å². The molecule has 0 N–H and O–H groups in total. The van der Waals surface area contributed by atoms with E-state index in [1.54, 1.807) is 6.07 Å². The average molecular weight is 280 g/mol. The maximum atomic E-state index is 11.8. The molecule has 0 saturated carbocycles. The number of carbonyl (C=O) groups is 1. The SMILES string of the molecule is C=C[C@]1(c2ccccc2)COc2ccc(C(=O)OC)cc21. The molecular weight excluding hydrogens is 264 g/mol. The Labute approximate surface area is 123 Å². The molecule has 0 aliphatic carbocycles. The molecular formula is C18H16O3. The molecule has 1 aliphatic heterocycles. The van der Waals surface area contributed by atoms with Crippen molar-refractivity contribution in [2.24, 2.45) is 0 Å². The van der Waals surface area contributed by atoms with Crippen molar-refractivity contribution in [3.63, 3.8) is 0 Å². The van der Waals surface area contributed by atoms with Gasteiger partial charge in [0, 0.05) is 5.56 Å². The van der Waals surface area contributed by atoms with Crippen LogP contribution in [0.4, 0.5) is 0 Å². The van der Waals surface area contributed by atoms with Crippen molar-refractivity contribution in [1.82, 2.24) is 0 Å². The van der Waals surface area contributed by atoms with Crippen LogP contribution < -0.4 is 4.74 Å². The van der Waals surface area contributed by atoms with E-state index < -0.39 is 5.41 Å².